The Hall–Kier alpha value is -3.29. The number of nitrogens with zero attached hydrogens (tertiary/aromatic N) is 3. The van der Waals surface area contributed by atoms with Crippen LogP contribution in [0.25, 0.3) is 11.4 Å². The lowest BCUT2D eigenvalue weighted by Crippen LogP contribution is -2.14. The van der Waals surface area contributed by atoms with Crippen molar-refractivity contribution in [3.8, 4) is 17.1 Å². The molecular weight excluding hydrogens is 444 g/mol. The van der Waals surface area contributed by atoms with E-state index in [0.717, 1.165) is 22.7 Å². The minimum absolute atomic E-state index is 0.123. The summed E-state index contributed by atoms with van der Waals surface area (Å²) in [5.41, 5.74) is 2.74. The zero-order valence-electron chi connectivity index (χ0n) is 17.4. The summed E-state index contributed by atoms with van der Waals surface area (Å²) in [6.07, 6.45) is 0. The van der Waals surface area contributed by atoms with Gasteiger partial charge in [-0.3, -0.25) is 9.36 Å². The van der Waals surface area contributed by atoms with Gasteiger partial charge < -0.3 is 10.1 Å². The highest BCUT2D eigenvalue weighted by Crippen LogP contribution is 2.26. The van der Waals surface area contributed by atoms with Gasteiger partial charge in [-0.1, -0.05) is 53.7 Å². The van der Waals surface area contributed by atoms with Crippen LogP contribution in [0.4, 0.5) is 5.69 Å². The summed E-state index contributed by atoms with van der Waals surface area (Å²) in [6.45, 7) is 0.592. The normalized spacial score (nSPS) is 10.7. The van der Waals surface area contributed by atoms with E-state index in [0.29, 0.717) is 22.4 Å². The smallest absolute Gasteiger partial charge is 0.234 e. The number of ether oxygens (including phenoxy) is 1. The zero-order chi connectivity index (χ0) is 22.3. The number of methoxy groups -OCH3 is 1. The maximum atomic E-state index is 12.5. The summed E-state index contributed by atoms with van der Waals surface area (Å²) in [4.78, 5) is 12.5. The summed E-state index contributed by atoms with van der Waals surface area (Å²) in [7, 11) is 1.61. The molecule has 4 rings (SSSR count). The van der Waals surface area contributed by atoms with Crippen LogP contribution in [0.2, 0.25) is 5.02 Å². The van der Waals surface area contributed by atoms with Crippen molar-refractivity contribution in [1.29, 1.82) is 0 Å². The molecule has 3 aromatic carbocycles. The quantitative estimate of drug-likeness (QED) is 0.354. The number of rotatable bonds is 8. The van der Waals surface area contributed by atoms with Gasteiger partial charge in [-0.2, -0.15) is 0 Å². The van der Waals surface area contributed by atoms with Gasteiger partial charge in [0, 0.05) is 16.3 Å². The molecular formula is C24H21ClN4O2S. The molecule has 8 heteroatoms. The highest BCUT2D eigenvalue weighted by molar-refractivity contribution is 7.99. The van der Waals surface area contributed by atoms with Crippen LogP contribution in [-0.4, -0.2) is 33.5 Å². The summed E-state index contributed by atoms with van der Waals surface area (Å²) in [5, 5.41) is 13.0. The second kappa shape index (κ2) is 10.3. The number of amides is 1. The number of hydrogen-bond donors (Lipinski definition) is 1. The van der Waals surface area contributed by atoms with Gasteiger partial charge in [0.25, 0.3) is 0 Å². The van der Waals surface area contributed by atoms with Gasteiger partial charge in [-0.05, 0) is 54.1 Å². The Kier molecular flexibility index (Phi) is 7.09. The van der Waals surface area contributed by atoms with Crippen molar-refractivity contribution in [2.24, 2.45) is 0 Å². The fraction of sp³-hybridized carbons (Fsp3) is 0.125. The lowest BCUT2D eigenvalue weighted by atomic mass is 10.2. The van der Waals surface area contributed by atoms with Gasteiger partial charge in [0.05, 0.1) is 19.4 Å². The van der Waals surface area contributed by atoms with Crippen LogP contribution < -0.4 is 10.1 Å². The molecule has 1 aromatic heterocycles. The van der Waals surface area contributed by atoms with Crippen LogP contribution in [0.15, 0.2) is 84.0 Å². The number of carbonyl (C=O) groups excluding carboxylic acids is 1. The van der Waals surface area contributed by atoms with Gasteiger partial charge in [0.1, 0.15) is 5.75 Å². The number of halogens is 1. The van der Waals surface area contributed by atoms with Gasteiger partial charge in [-0.25, -0.2) is 0 Å². The standard InChI is InChI=1S/C24H21ClN4O2S/c1-31-21-13-11-20(12-14-21)26-22(30)16-32-24-28-27-23(18-7-9-19(25)10-8-18)29(24)15-17-5-3-2-4-6-17/h2-14H,15-16H2,1H3,(H,26,30). The van der Waals surface area contributed by atoms with E-state index in [-0.39, 0.29) is 11.7 Å². The fourth-order valence-corrected chi connectivity index (χ4v) is 3.98. The molecule has 0 spiro atoms. The Balaban J connectivity index is 1.51. The Morgan fingerprint density at radius 3 is 2.41 bits per heavy atom. The number of carbonyl (C=O) groups is 1. The molecule has 0 radical (unpaired) electrons. The van der Waals surface area contributed by atoms with Gasteiger partial charge in [-0.15, -0.1) is 10.2 Å². The van der Waals surface area contributed by atoms with Crippen LogP contribution in [0.1, 0.15) is 5.56 Å². The van der Waals surface area contributed by atoms with Crippen LogP contribution in [-0.2, 0) is 11.3 Å². The molecule has 1 amide bonds. The molecule has 1 heterocycles. The predicted octanol–water partition coefficient (Wildman–Crippen LogP) is 5.39. The topological polar surface area (TPSA) is 69.0 Å². The lowest BCUT2D eigenvalue weighted by Gasteiger charge is -2.11. The molecule has 0 aliphatic heterocycles. The maximum absolute atomic E-state index is 12.5. The van der Waals surface area contributed by atoms with Crippen LogP contribution in [0.5, 0.6) is 5.75 Å². The van der Waals surface area contributed by atoms with Gasteiger partial charge in [0.15, 0.2) is 11.0 Å². The Morgan fingerprint density at radius 1 is 1.00 bits per heavy atom. The Morgan fingerprint density at radius 2 is 1.72 bits per heavy atom. The van der Waals surface area contributed by atoms with Crippen molar-refractivity contribution in [2.75, 3.05) is 18.2 Å². The number of thioether (sulfide) groups is 1. The molecule has 0 saturated carbocycles. The van der Waals surface area contributed by atoms with E-state index in [1.54, 1.807) is 31.4 Å². The number of benzene rings is 3. The lowest BCUT2D eigenvalue weighted by molar-refractivity contribution is -0.113. The molecule has 6 nitrogen and oxygen atoms in total. The first-order chi connectivity index (χ1) is 15.6. The van der Waals surface area contributed by atoms with E-state index in [2.05, 4.69) is 27.6 Å². The number of nitrogens with one attached hydrogen (secondary N) is 1. The number of anilines is 1. The fourth-order valence-electron chi connectivity index (χ4n) is 3.12. The first kappa shape index (κ1) is 21.9. The largest absolute Gasteiger partial charge is 0.497 e. The van der Waals surface area contributed by atoms with E-state index in [9.17, 15) is 4.79 Å². The summed E-state index contributed by atoms with van der Waals surface area (Å²) < 4.78 is 7.16. The second-order valence-corrected chi connectivity index (χ2v) is 8.33. The molecule has 4 aromatic rings. The molecule has 32 heavy (non-hydrogen) atoms. The highest BCUT2D eigenvalue weighted by atomic mass is 35.5. The average Bonchev–Trinajstić information content (AvgIpc) is 3.21. The van der Waals surface area contributed by atoms with Gasteiger partial charge in [0.2, 0.25) is 5.91 Å². The molecule has 0 bridgehead atoms. The highest BCUT2D eigenvalue weighted by Gasteiger charge is 2.16. The Labute approximate surface area is 195 Å². The van der Waals surface area contributed by atoms with Gasteiger partial charge >= 0.3 is 0 Å². The molecule has 0 atom stereocenters. The predicted molar refractivity (Wildman–Crippen MR) is 128 cm³/mol. The van der Waals surface area contributed by atoms with Crippen molar-refractivity contribution < 1.29 is 9.53 Å². The van der Waals surface area contributed by atoms with E-state index in [1.807, 2.05) is 47.0 Å². The van der Waals surface area contributed by atoms with Crippen LogP contribution >= 0.6 is 23.4 Å². The molecule has 0 fully saturated rings. The Bertz CT molecular complexity index is 1180. The van der Waals surface area contributed by atoms with Crippen molar-refractivity contribution >= 4 is 35.0 Å². The molecule has 0 saturated heterocycles. The minimum Gasteiger partial charge on any atom is -0.497 e. The third-order valence-electron chi connectivity index (χ3n) is 4.71. The summed E-state index contributed by atoms with van der Waals surface area (Å²) >= 11 is 7.39. The van der Waals surface area contributed by atoms with Crippen LogP contribution in [0, 0.1) is 0 Å². The maximum Gasteiger partial charge on any atom is 0.234 e. The summed E-state index contributed by atoms with van der Waals surface area (Å²) in [6, 6.07) is 24.8. The van der Waals surface area contributed by atoms with E-state index >= 15 is 0 Å². The summed E-state index contributed by atoms with van der Waals surface area (Å²) in [5.74, 6) is 1.55. The minimum atomic E-state index is -0.123. The molecule has 0 aliphatic carbocycles. The number of aromatic nitrogens is 3. The monoisotopic (exact) mass is 464 g/mol. The second-order valence-electron chi connectivity index (χ2n) is 6.95. The molecule has 1 N–H and O–H groups in total. The van der Waals surface area contributed by atoms with Crippen molar-refractivity contribution in [3.63, 3.8) is 0 Å². The molecule has 0 unspecified atom stereocenters. The third-order valence-corrected chi connectivity index (χ3v) is 5.93. The SMILES string of the molecule is COc1ccc(NC(=O)CSc2nnc(-c3ccc(Cl)cc3)n2Cc2ccccc2)cc1. The van der Waals surface area contributed by atoms with E-state index in [4.69, 9.17) is 16.3 Å². The molecule has 0 aliphatic rings. The van der Waals surface area contributed by atoms with Crippen LogP contribution in [0.3, 0.4) is 0 Å². The van der Waals surface area contributed by atoms with Crippen molar-refractivity contribution in [3.05, 3.63) is 89.4 Å². The average molecular weight is 465 g/mol. The number of hydrogen-bond acceptors (Lipinski definition) is 5. The first-order valence-corrected chi connectivity index (χ1v) is 11.3. The van der Waals surface area contributed by atoms with E-state index < -0.39 is 0 Å². The first-order valence-electron chi connectivity index (χ1n) is 9.92. The third kappa shape index (κ3) is 5.49. The van der Waals surface area contributed by atoms with E-state index in [1.165, 1.54) is 11.8 Å². The van der Waals surface area contributed by atoms with Crippen molar-refractivity contribution in [1.82, 2.24) is 14.8 Å². The molecule has 162 valence electrons. The zero-order valence-corrected chi connectivity index (χ0v) is 18.9. The van der Waals surface area contributed by atoms with Crippen molar-refractivity contribution in [2.45, 2.75) is 11.7 Å².